The van der Waals surface area contributed by atoms with Crippen molar-refractivity contribution in [2.45, 2.75) is 39.7 Å². The maximum Gasteiger partial charge on any atom is 0.251 e. The number of rotatable bonds is 7. The molecule has 1 rings (SSSR count). The van der Waals surface area contributed by atoms with Crippen LogP contribution in [0.4, 0.5) is 5.69 Å². The SMILES string of the molecule is Cc1ccc(N)cc1C(=O)NCCCCN(C)C(C)C. The Bertz CT molecular complexity index is 443. The number of nitrogens with one attached hydrogen (secondary N) is 1. The first kappa shape index (κ1) is 16.5. The maximum absolute atomic E-state index is 12.0. The fraction of sp³-hybridized carbons (Fsp3) is 0.562. The van der Waals surface area contributed by atoms with Crippen LogP contribution in [0.2, 0.25) is 0 Å². The molecule has 0 bridgehead atoms. The van der Waals surface area contributed by atoms with Crippen LogP contribution in [-0.2, 0) is 0 Å². The van der Waals surface area contributed by atoms with Crippen LogP contribution < -0.4 is 11.1 Å². The van der Waals surface area contributed by atoms with Gasteiger partial charge in [-0.05, 0) is 64.9 Å². The van der Waals surface area contributed by atoms with Crippen molar-refractivity contribution in [1.82, 2.24) is 10.2 Å². The van der Waals surface area contributed by atoms with Gasteiger partial charge in [0.05, 0.1) is 0 Å². The fourth-order valence-corrected chi connectivity index (χ4v) is 1.93. The second kappa shape index (κ2) is 7.90. The molecule has 0 aromatic heterocycles. The monoisotopic (exact) mass is 277 g/mol. The number of nitrogen functional groups attached to an aromatic ring is 1. The molecular formula is C16H27N3O. The smallest absolute Gasteiger partial charge is 0.251 e. The number of carbonyl (C=O) groups excluding carboxylic acids is 1. The predicted octanol–water partition coefficient (Wildman–Crippen LogP) is 2.43. The van der Waals surface area contributed by atoms with Gasteiger partial charge < -0.3 is 16.0 Å². The average Bonchev–Trinajstić information content (AvgIpc) is 2.40. The van der Waals surface area contributed by atoms with Crippen molar-refractivity contribution in [2.75, 3.05) is 25.9 Å². The van der Waals surface area contributed by atoms with Gasteiger partial charge in [0.1, 0.15) is 0 Å². The molecule has 1 aromatic rings. The number of anilines is 1. The van der Waals surface area contributed by atoms with E-state index < -0.39 is 0 Å². The number of hydrogen-bond acceptors (Lipinski definition) is 3. The van der Waals surface area contributed by atoms with Gasteiger partial charge in [0.25, 0.3) is 5.91 Å². The van der Waals surface area contributed by atoms with Crippen molar-refractivity contribution in [1.29, 1.82) is 0 Å². The molecule has 0 fully saturated rings. The molecule has 0 aliphatic heterocycles. The van der Waals surface area contributed by atoms with Gasteiger partial charge in [0, 0.05) is 23.8 Å². The van der Waals surface area contributed by atoms with E-state index in [4.69, 9.17) is 5.73 Å². The molecule has 112 valence electrons. The Balaban J connectivity index is 2.32. The highest BCUT2D eigenvalue weighted by Gasteiger charge is 2.08. The Morgan fingerprint density at radius 3 is 2.70 bits per heavy atom. The van der Waals surface area contributed by atoms with Crippen molar-refractivity contribution in [3.63, 3.8) is 0 Å². The van der Waals surface area contributed by atoms with Crippen molar-refractivity contribution >= 4 is 11.6 Å². The van der Waals surface area contributed by atoms with Gasteiger partial charge >= 0.3 is 0 Å². The normalized spacial score (nSPS) is 11.1. The zero-order valence-corrected chi connectivity index (χ0v) is 13.1. The van der Waals surface area contributed by atoms with Gasteiger partial charge in [-0.3, -0.25) is 4.79 Å². The minimum atomic E-state index is -0.0352. The van der Waals surface area contributed by atoms with E-state index in [2.05, 4.69) is 31.1 Å². The number of aryl methyl sites for hydroxylation is 1. The van der Waals surface area contributed by atoms with Crippen LogP contribution in [0.1, 0.15) is 42.6 Å². The van der Waals surface area contributed by atoms with Gasteiger partial charge in [-0.15, -0.1) is 0 Å². The fourth-order valence-electron chi connectivity index (χ4n) is 1.93. The highest BCUT2D eigenvalue weighted by molar-refractivity contribution is 5.96. The lowest BCUT2D eigenvalue weighted by molar-refractivity contribution is 0.0952. The van der Waals surface area contributed by atoms with Gasteiger partial charge in [0.2, 0.25) is 0 Å². The molecule has 20 heavy (non-hydrogen) atoms. The zero-order valence-electron chi connectivity index (χ0n) is 13.1. The van der Waals surface area contributed by atoms with Gasteiger partial charge in [-0.25, -0.2) is 0 Å². The number of amides is 1. The van der Waals surface area contributed by atoms with E-state index in [1.165, 1.54) is 0 Å². The summed E-state index contributed by atoms with van der Waals surface area (Å²) in [5.41, 5.74) is 7.97. The van der Waals surface area contributed by atoms with Crippen molar-refractivity contribution in [3.8, 4) is 0 Å². The lowest BCUT2D eigenvalue weighted by Crippen LogP contribution is -2.29. The van der Waals surface area contributed by atoms with E-state index in [1.54, 1.807) is 6.07 Å². The number of carbonyl (C=O) groups is 1. The average molecular weight is 277 g/mol. The van der Waals surface area contributed by atoms with E-state index in [0.29, 0.717) is 23.8 Å². The van der Waals surface area contributed by atoms with Gasteiger partial charge in [-0.2, -0.15) is 0 Å². The topological polar surface area (TPSA) is 58.4 Å². The lowest BCUT2D eigenvalue weighted by atomic mass is 10.1. The first-order valence-corrected chi connectivity index (χ1v) is 7.26. The summed E-state index contributed by atoms with van der Waals surface area (Å²) < 4.78 is 0. The third kappa shape index (κ3) is 5.21. The molecule has 0 saturated heterocycles. The number of benzene rings is 1. The van der Waals surface area contributed by atoms with Crippen LogP contribution in [0, 0.1) is 6.92 Å². The van der Waals surface area contributed by atoms with Crippen LogP contribution >= 0.6 is 0 Å². The molecule has 0 aliphatic rings. The first-order chi connectivity index (χ1) is 9.41. The molecule has 0 heterocycles. The van der Waals surface area contributed by atoms with Crippen LogP contribution in [0.25, 0.3) is 0 Å². The lowest BCUT2D eigenvalue weighted by Gasteiger charge is -2.20. The molecule has 0 radical (unpaired) electrons. The molecule has 0 saturated carbocycles. The Labute approximate surface area is 122 Å². The third-order valence-corrected chi connectivity index (χ3v) is 3.61. The Hall–Kier alpha value is -1.55. The number of nitrogens with zero attached hydrogens (tertiary/aromatic N) is 1. The van der Waals surface area contributed by atoms with E-state index in [9.17, 15) is 4.79 Å². The Kier molecular flexibility index (Phi) is 6.52. The number of hydrogen-bond donors (Lipinski definition) is 2. The quantitative estimate of drug-likeness (QED) is 0.594. The van der Waals surface area contributed by atoms with E-state index >= 15 is 0 Å². The third-order valence-electron chi connectivity index (χ3n) is 3.61. The second-order valence-corrected chi connectivity index (χ2v) is 5.61. The minimum Gasteiger partial charge on any atom is -0.399 e. The zero-order chi connectivity index (χ0) is 15.1. The molecule has 0 spiro atoms. The molecule has 4 nitrogen and oxygen atoms in total. The summed E-state index contributed by atoms with van der Waals surface area (Å²) in [5, 5.41) is 2.96. The maximum atomic E-state index is 12.0. The summed E-state index contributed by atoms with van der Waals surface area (Å²) in [6.07, 6.45) is 2.08. The van der Waals surface area contributed by atoms with Gasteiger partial charge in [-0.1, -0.05) is 6.07 Å². The Morgan fingerprint density at radius 2 is 2.05 bits per heavy atom. The van der Waals surface area contributed by atoms with Crippen LogP contribution in [-0.4, -0.2) is 37.0 Å². The van der Waals surface area contributed by atoms with Crippen LogP contribution in [0.15, 0.2) is 18.2 Å². The highest BCUT2D eigenvalue weighted by atomic mass is 16.1. The first-order valence-electron chi connectivity index (χ1n) is 7.26. The number of nitrogens with two attached hydrogens (primary N) is 1. The van der Waals surface area contributed by atoms with Crippen molar-refractivity contribution in [2.24, 2.45) is 0 Å². The second-order valence-electron chi connectivity index (χ2n) is 5.61. The van der Waals surface area contributed by atoms with Crippen LogP contribution in [0.3, 0.4) is 0 Å². The summed E-state index contributed by atoms with van der Waals surface area (Å²) in [4.78, 5) is 14.4. The Morgan fingerprint density at radius 1 is 1.35 bits per heavy atom. The molecule has 0 atom stereocenters. The van der Waals surface area contributed by atoms with Gasteiger partial charge in [0.15, 0.2) is 0 Å². The minimum absolute atomic E-state index is 0.0352. The van der Waals surface area contributed by atoms with E-state index in [0.717, 1.165) is 24.9 Å². The molecule has 1 aromatic carbocycles. The standard InChI is InChI=1S/C16H27N3O/c1-12(2)19(4)10-6-5-9-18-16(20)15-11-14(17)8-7-13(15)3/h7-8,11-12H,5-6,9-10,17H2,1-4H3,(H,18,20). The van der Waals surface area contributed by atoms with Crippen molar-refractivity contribution in [3.05, 3.63) is 29.3 Å². The summed E-state index contributed by atoms with van der Waals surface area (Å²) in [6.45, 7) is 8.06. The van der Waals surface area contributed by atoms with Crippen molar-refractivity contribution < 1.29 is 4.79 Å². The van der Waals surface area contributed by atoms with E-state index in [-0.39, 0.29) is 5.91 Å². The molecular weight excluding hydrogens is 250 g/mol. The molecule has 3 N–H and O–H groups in total. The molecule has 0 unspecified atom stereocenters. The highest BCUT2D eigenvalue weighted by Crippen LogP contribution is 2.12. The molecule has 1 amide bonds. The molecule has 4 heteroatoms. The molecule has 0 aliphatic carbocycles. The van der Waals surface area contributed by atoms with E-state index in [1.807, 2.05) is 19.1 Å². The summed E-state index contributed by atoms with van der Waals surface area (Å²) in [5.74, 6) is -0.0352. The summed E-state index contributed by atoms with van der Waals surface area (Å²) in [7, 11) is 2.12. The number of unbranched alkanes of at least 4 members (excludes halogenated alkanes) is 1. The summed E-state index contributed by atoms with van der Waals surface area (Å²) >= 11 is 0. The largest absolute Gasteiger partial charge is 0.399 e. The summed E-state index contributed by atoms with van der Waals surface area (Å²) in [6, 6.07) is 5.99. The van der Waals surface area contributed by atoms with Crippen LogP contribution in [0.5, 0.6) is 0 Å². The predicted molar refractivity (Wildman–Crippen MR) is 84.9 cm³/mol.